The van der Waals surface area contributed by atoms with Gasteiger partial charge in [-0.05, 0) is 74.0 Å². The van der Waals surface area contributed by atoms with E-state index in [2.05, 4.69) is 13.8 Å². The molecule has 142 valence electrons. The Morgan fingerprint density at radius 1 is 1.04 bits per heavy atom. The molecule has 0 bridgehead atoms. The number of fused-ring (bicyclic) bond motifs is 5. The van der Waals surface area contributed by atoms with Crippen molar-refractivity contribution in [1.29, 1.82) is 0 Å². The van der Waals surface area contributed by atoms with Crippen LogP contribution in [0.25, 0.3) is 0 Å². The van der Waals surface area contributed by atoms with Crippen LogP contribution in [0.4, 0.5) is 0 Å². The topological polar surface area (TPSA) is 54.5 Å². The predicted octanol–water partition coefficient (Wildman–Crippen LogP) is 3.47. The molecule has 4 rings (SSSR count). The molecule has 0 N–H and O–H groups in total. The quantitative estimate of drug-likeness (QED) is 0.713. The number of sulfonamides is 1. The fourth-order valence-electron chi connectivity index (χ4n) is 7.27. The summed E-state index contributed by atoms with van der Waals surface area (Å²) in [6.07, 6.45) is 9.88. The van der Waals surface area contributed by atoms with E-state index in [4.69, 9.17) is 0 Å². The molecule has 4 aliphatic rings. The third-order valence-corrected chi connectivity index (χ3v) is 10.1. The molecule has 1 saturated heterocycles. The Labute approximate surface area is 152 Å². The predicted molar refractivity (Wildman–Crippen MR) is 98.5 cm³/mol. The lowest BCUT2D eigenvalue weighted by Gasteiger charge is -2.58. The number of hydrogen-bond acceptors (Lipinski definition) is 3. The molecule has 4 fully saturated rings. The molecule has 0 spiro atoms. The molecule has 0 aromatic heterocycles. The normalized spacial score (nSPS) is 48.4. The lowest BCUT2D eigenvalue weighted by Crippen LogP contribution is -2.53. The largest absolute Gasteiger partial charge is 0.299 e. The van der Waals surface area contributed by atoms with Crippen LogP contribution in [-0.4, -0.2) is 37.9 Å². The van der Waals surface area contributed by atoms with Crippen molar-refractivity contribution in [3.63, 3.8) is 0 Å². The molecule has 1 unspecified atom stereocenters. The summed E-state index contributed by atoms with van der Waals surface area (Å²) in [5, 5.41) is 0. The van der Waals surface area contributed by atoms with Gasteiger partial charge in [0.25, 0.3) is 0 Å². The van der Waals surface area contributed by atoms with Crippen molar-refractivity contribution in [1.82, 2.24) is 4.31 Å². The molecular weight excluding hydrogens is 334 g/mol. The van der Waals surface area contributed by atoms with Gasteiger partial charge in [-0.25, -0.2) is 12.7 Å². The van der Waals surface area contributed by atoms with Crippen molar-refractivity contribution in [2.24, 2.45) is 34.5 Å². The van der Waals surface area contributed by atoms with Gasteiger partial charge in [0.05, 0.1) is 6.26 Å². The summed E-state index contributed by atoms with van der Waals surface area (Å²) in [6.45, 7) is 6.07. The van der Waals surface area contributed by atoms with Crippen LogP contribution >= 0.6 is 0 Å². The van der Waals surface area contributed by atoms with Crippen molar-refractivity contribution in [2.75, 3.05) is 19.3 Å². The number of ketones is 1. The second-order valence-corrected chi connectivity index (χ2v) is 11.8. The van der Waals surface area contributed by atoms with Crippen LogP contribution in [0.3, 0.4) is 0 Å². The molecule has 25 heavy (non-hydrogen) atoms. The minimum absolute atomic E-state index is 0.0616. The van der Waals surface area contributed by atoms with Crippen molar-refractivity contribution in [3.8, 4) is 0 Å². The zero-order chi connectivity index (χ0) is 18.0. The van der Waals surface area contributed by atoms with E-state index in [1.54, 1.807) is 4.31 Å². The molecule has 1 aliphatic heterocycles. The highest BCUT2D eigenvalue weighted by Gasteiger charge is 2.59. The average Bonchev–Trinajstić information content (AvgIpc) is 2.72. The first-order chi connectivity index (χ1) is 11.7. The monoisotopic (exact) mass is 367 g/mol. The standard InChI is InChI=1S/C20H33NO3S/c1-19-10-4-12-21(25(3,23)24)13-14(19)5-6-15-16-7-8-18(22)20(16,2)11-9-17(15)19/h14-17H,4-13H2,1-3H3/t14?,15-,16-,17-,19-,20-/m0/s1. The highest BCUT2D eigenvalue weighted by Crippen LogP contribution is 2.64. The molecule has 0 aromatic carbocycles. The van der Waals surface area contributed by atoms with Gasteiger partial charge < -0.3 is 0 Å². The number of carbonyl (C=O) groups excluding carboxylic acids is 1. The highest BCUT2D eigenvalue weighted by atomic mass is 32.2. The maximum absolute atomic E-state index is 12.5. The van der Waals surface area contributed by atoms with E-state index in [1.807, 2.05) is 0 Å². The van der Waals surface area contributed by atoms with Crippen LogP contribution in [0.15, 0.2) is 0 Å². The van der Waals surface area contributed by atoms with Gasteiger partial charge in [0.1, 0.15) is 5.78 Å². The molecule has 5 heteroatoms. The number of Topliss-reactive ketones (excluding diaryl/α,β-unsaturated/α-hetero) is 1. The zero-order valence-corrected chi connectivity index (χ0v) is 16.8. The summed E-state index contributed by atoms with van der Waals surface area (Å²) < 4.78 is 26.0. The molecule has 6 atom stereocenters. The van der Waals surface area contributed by atoms with Crippen LogP contribution in [0, 0.1) is 34.5 Å². The highest BCUT2D eigenvalue weighted by molar-refractivity contribution is 7.88. The maximum atomic E-state index is 12.5. The Kier molecular flexibility index (Phi) is 4.16. The van der Waals surface area contributed by atoms with E-state index in [9.17, 15) is 13.2 Å². The van der Waals surface area contributed by atoms with Gasteiger partial charge in [0.15, 0.2) is 0 Å². The minimum atomic E-state index is -3.10. The number of nitrogens with zero attached hydrogens (tertiary/aromatic N) is 1. The van der Waals surface area contributed by atoms with Gasteiger partial charge in [0, 0.05) is 24.9 Å². The fourth-order valence-corrected chi connectivity index (χ4v) is 8.18. The number of rotatable bonds is 1. The Balaban J connectivity index is 1.62. The van der Waals surface area contributed by atoms with Gasteiger partial charge in [-0.2, -0.15) is 0 Å². The first-order valence-corrected chi connectivity index (χ1v) is 12.0. The third-order valence-electron chi connectivity index (χ3n) is 8.79. The van der Waals surface area contributed by atoms with Crippen LogP contribution in [-0.2, 0) is 14.8 Å². The summed E-state index contributed by atoms with van der Waals surface area (Å²) in [5.74, 6) is 2.91. The first kappa shape index (κ1) is 18.0. The molecule has 3 saturated carbocycles. The van der Waals surface area contributed by atoms with Gasteiger partial charge >= 0.3 is 0 Å². The summed E-state index contributed by atoms with van der Waals surface area (Å²) in [6, 6.07) is 0. The first-order valence-electron chi connectivity index (χ1n) is 10.1. The zero-order valence-electron chi connectivity index (χ0n) is 16.0. The van der Waals surface area contributed by atoms with Crippen molar-refractivity contribution >= 4 is 15.8 Å². The molecule has 4 nitrogen and oxygen atoms in total. The Bertz CT molecular complexity index is 674. The molecule has 1 heterocycles. The minimum Gasteiger partial charge on any atom is -0.299 e. The lowest BCUT2D eigenvalue weighted by molar-refractivity contribution is -0.136. The summed E-state index contributed by atoms with van der Waals surface area (Å²) in [7, 11) is -3.10. The van der Waals surface area contributed by atoms with Gasteiger partial charge in [-0.1, -0.05) is 13.8 Å². The second kappa shape index (κ2) is 5.79. The maximum Gasteiger partial charge on any atom is 0.211 e. The van der Waals surface area contributed by atoms with Crippen LogP contribution in [0.1, 0.15) is 65.2 Å². The number of hydrogen-bond donors (Lipinski definition) is 0. The van der Waals surface area contributed by atoms with Crippen LogP contribution < -0.4 is 0 Å². The molecule has 0 amide bonds. The van der Waals surface area contributed by atoms with Gasteiger partial charge in [-0.15, -0.1) is 0 Å². The fraction of sp³-hybridized carbons (Fsp3) is 0.950. The molecule has 0 aromatic rings. The van der Waals surface area contributed by atoms with Crippen molar-refractivity contribution < 1.29 is 13.2 Å². The van der Waals surface area contributed by atoms with E-state index in [1.165, 1.54) is 12.7 Å². The van der Waals surface area contributed by atoms with E-state index < -0.39 is 10.0 Å². The van der Waals surface area contributed by atoms with Crippen LogP contribution in [0.2, 0.25) is 0 Å². The van der Waals surface area contributed by atoms with Gasteiger partial charge in [0.2, 0.25) is 10.0 Å². The second-order valence-electron chi connectivity index (χ2n) is 9.80. The van der Waals surface area contributed by atoms with Crippen LogP contribution in [0.5, 0.6) is 0 Å². The van der Waals surface area contributed by atoms with E-state index in [0.717, 1.165) is 44.9 Å². The van der Waals surface area contributed by atoms with E-state index >= 15 is 0 Å². The van der Waals surface area contributed by atoms with E-state index in [-0.39, 0.29) is 10.8 Å². The SMILES string of the molecule is C[C@]12CCCN(S(C)(=O)=O)CC1CC[C@@H]1[C@@H]2CC[C@]2(C)C(=O)CC[C@@H]12. The average molecular weight is 368 g/mol. The van der Waals surface area contributed by atoms with Crippen molar-refractivity contribution in [2.45, 2.75) is 65.2 Å². The summed E-state index contributed by atoms with van der Waals surface area (Å²) >= 11 is 0. The Hall–Kier alpha value is -0.420. The summed E-state index contributed by atoms with van der Waals surface area (Å²) in [5.41, 5.74) is 0.184. The van der Waals surface area contributed by atoms with Gasteiger partial charge in [-0.3, -0.25) is 4.79 Å². The Morgan fingerprint density at radius 3 is 2.52 bits per heavy atom. The van der Waals surface area contributed by atoms with E-state index in [0.29, 0.717) is 42.5 Å². The number of carbonyl (C=O) groups is 1. The Morgan fingerprint density at radius 2 is 1.80 bits per heavy atom. The third kappa shape index (κ3) is 2.63. The molecular formula is C20H33NO3S. The molecule has 0 radical (unpaired) electrons. The summed E-state index contributed by atoms with van der Waals surface area (Å²) in [4.78, 5) is 12.5. The lowest BCUT2D eigenvalue weighted by atomic mass is 9.47. The smallest absolute Gasteiger partial charge is 0.211 e. The molecule has 3 aliphatic carbocycles. The van der Waals surface area contributed by atoms with Crippen molar-refractivity contribution in [3.05, 3.63) is 0 Å².